The second-order valence-electron chi connectivity index (χ2n) is 6.11. The normalized spacial score (nSPS) is 25.3. The molecule has 0 heterocycles. The van der Waals surface area contributed by atoms with Gasteiger partial charge in [0.25, 0.3) is 0 Å². The SMILES string of the molecule is CCC1CCC(C(O)c2c(C)cc(C)cc2F)CC1. The summed E-state index contributed by atoms with van der Waals surface area (Å²) in [5, 5.41) is 10.5. The molecule has 2 heteroatoms. The summed E-state index contributed by atoms with van der Waals surface area (Å²) in [5.74, 6) is 0.772. The third-order valence-corrected chi connectivity index (χ3v) is 4.69. The van der Waals surface area contributed by atoms with E-state index in [1.54, 1.807) is 0 Å². The summed E-state index contributed by atoms with van der Waals surface area (Å²) in [4.78, 5) is 0. The fourth-order valence-electron chi connectivity index (χ4n) is 3.45. The molecule has 1 aromatic carbocycles. The lowest BCUT2D eigenvalue weighted by Gasteiger charge is -2.32. The number of hydrogen-bond donors (Lipinski definition) is 1. The number of rotatable bonds is 3. The van der Waals surface area contributed by atoms with Crippen molar-refractivity contribution in [3.05, 3.63) is 34.6 Å². The lowest BCUT2D eigenvalue weighted by molar-refractivity contribution is 0.0695. The monoisotopic (exact) mass is 264 g/mol. The predicted molar refractivity (Wildman–Crippen MR) is 76.6 cm³/mol. The summed E-state index contributed by atoms with van der Waals surface area (Å²) in [6, 6.07) is 3.49. The summed E-state index contributed by atoms with van der Waals surface area (Å²) in [7, 11) is 0. The van der Waals surface area contributed by atoms with Crippen molar-refractivity contribution >= 4 is 0 Å². The van der Waals surface area contributed by atoms with Crippen LogP contribution >= 0.6 is 0 Å². The van der Waals surface area contributed by atoms with Crippen LogP contribution < -0.4 is 0 Å². The van der Waals surface area contributed by atoms with Gasteiger partial charge in [0.2, 0.25) is 0 Å². The summed E-state index contributed by atoms with van der Waals surface area (Å²) in [6.07, 6.45) is 4.97. The molecular formula is C17H25FO. The van der Waals surface area contributed by atoms with Crippen LogP contribution in [0.2, 0.25) is 0 Å². The molecule has 0 radical (unpaired) electrons. The molecule has 0 spiro atoms. The first-order valence-corrected chi connectivity index (χ1v) is 7.47. The zero-order chi connectivity index (χ0) is 14.0. The van der Waals surface area contributed by atoms with E-state index in [1.165, 1.54) is 25.3 Å². The van der Waals surface area contributed by atoms with Crippen molar-refractivity contribution < 1.29 is 9.50 Å². The zero-order valence-electron chi connectivity index (χ0n) is 12.2. The second-order valence-corrected chi connectivity index (χ2v) is 6.11. The number of aliphatic hydroxyl groups is 1. The van der Waals surface area contributed by atoms with E-state index < -0.39 is 6.10 Å². The minimum absolute atomic E-state index is 0.221. The van der Waals surface area contributed by atoms with Gasteiger partial charge in [0.05, 0.1) is 6.10 Å². The fraction of sp³-hybridized carbons (Fsp3) is 0.647. The Bertz CT molecular complexity index is 410. The highest BCUT2D eigenvalue weighted by Gasteiger charge is 2.29. The Labute approximate surface area is 115 Å². The Morgan fingerprint density at radius 2 is 1.84 bits per heavy atom. The molecular weight excluding hydrogens is 239 g/mol. The van der Waals surface area contributed by atoms with Gasteiger partial charge in [-0.2, -0.15) is 0 Å². The zero-order valence-corrected chi connectivity index (χ0v) is 12.2. The van der Waals surface area contributed by atoms with Crippen LogP contribution in [0.4, 0.5) is 4.39 Å². The van der Waals surface area contributed by atoms with E-state index in [0.29, 0.717) is 5.56 Å². The Morgan fingerprint density at radius 3 is 2.37 bits per heavy atom. The van der Waals surface area contributed by atoms with Crippen LogP contribution in [-0.2, 0) is 0 Å². The Balaban J connectivity index is 2.14. The van der Waals surface area contributed by atoms with Gasteiger partial charge in [0.1, 0.15) is 5.82 Å². The lowest BCUT2D eigenvalue weighted by Crippen LogP contribution is -2.21. The molecule has 2 rings (SSSR count). The first-order chi connectivity index (χ1) is 9.02. The first kappa shape index (κ1) is 14.5. The number of benzene rings is 1. The Hall–Kier alpha value is -0.890. The highest BCUT2D eigenvalue weighted by atomic mass is 19.1. The van der Waals surface area contributed by atoms with Crippen molar-refractivity contribution in [3.8, 4) is 0 Å². The van der Waals surface area contributed by atoms with E-state index in [-0.39, 0.29) is 11.7 Å². The smallest absolute Gasteiger partial charge is 0.129 e. The van der Waals surface area contributed by atoms with E-state index >= 15 is 0 Å². The molecule has 0 amide bonds. The van der Waals surface area contributed by atoms with Crippen molar-refractivity contribution in [2.75, 3.05) is 0 Å². The van der Waals surface area contributed by atoms with Crippen molar-refractivity contribution in [1.29, 1.82) is 0 Å². The molecule has 106 valence electrons. The topological polar surface area (TPSA) is 20.2 Å². The maximum Gasteiger partial charge on any atom is 0.129 e. The average Bonchev–Trinajstić information content (AvgIpc) is 2.37. The number of halogens is 1. The molecule has 1 unspecified atom stereocenters. The van der Waals surface area contributed by atoms with Crippen LogP contribution in [-0.4, -0.2) is 5.11 Å². The van der Waals surface area contributed by atoms with Crippen molar-refractivity contribution in [3.63, 3.8) is 0 Å². The Kier molecular flexibility index (Phi) is 4.62. The Morgan fingerprint density at radius 1 is 1.21 bits per heavy atom. The summed E-state index contributed by atoms with van der Waals surface area (Å²) < 4.78 is 14.1. The predicted octanol–water partition coefficient (Wildman–Crippen LogP) is 4.69. The van der Waals surface area contributed by atoms with Crippen LogP contribution in [0.3, 0.4) is 0 Å². The van der Waals surface area contributed by atoms with E-state index in [0.717, 1.165) is 29.9 Å². The molecule has 1 nitrogen and oxygen atoms in total. The van der Waals surface area contributed by atoms with Crippen molar-refractivity contribution in [2.45, 2.75) is 59.0 Å². The number of aliphatic hydroxyl groups excluding tert-OH is 1. The maximum absolute atomic E-state index is 14.1. The van der Waals surface area contributed by atoms with E-state index in [4.69, 9.17) is 0 Å². The standard InChI is InChI=1S/C17H25FO/c1-4-13-5-7-14(8-6-13)17(19)16-12(3)9-11(2)10-15(16)18/h9-10,13-14,17,19H,4-8H2,1-3H3. The van der Waals surface area contributed by atoms with Gasteiger partial charge < -0.3 is 5.11 Å². The van der Waals surface area contributed by atoms with Gasteiger partial charge in [0.15, 0.2) is 0 Å². The van der Waals surface area contributed by atoms with Crippen molar-refractivity contribution in [2.24, 2.45) is 11.8 Å². The number of aryl methyl sites for hydroxylation is 2. The number of hydrogen-bond acceptors (Lipinski definition) is 1. The first-order valence-electron chi connectivity index (χ1n) is 7.47. The molecule has 1 aromatic rings. The highest BCUT2D eigenvalue weighted by molar-refractivity contribution is 5.34. The van der Waals surface area contributed by atoms with Gasteiger partial charge in [-0.3, -0.25) is 0 Å². The summed E-state index contributed by atoms with van der Waals surface area (Å²) in [6.45, 7) is 6.01. The van der Waals surface area contributed by atoms with Gasteiger partial charge in [-0.1, -0.05) is 32.3 Å². The molecule has 0 saturated heterocycles. The third-order valence-electron chi connectivity index (χ3n) is 4.69. The van der Waals surface area contributed by atoms with E-state index in [2.05, 4.69) is 6.92 Å². The van der Waals surface area contributed by atoms with Crippen LogP contribution in [0.15, 0.2) is 12.1 Å². The van der Waals surface area contributed by atoms with Crippen LogP contribution in [0.25, 0.3) is 0 Å². The molecule has 19 heavy (non-hydrogen) atoms. The second kappa shape index (κ2) is 6.04. The average molecular weight is 264 g/mol. The molecule has 0 bridgehead atoms. The van der Waals surface area contributed by atoms with Crippen molar-refractivity contribution in [1.82, 2.24) is 0 Å². The minimum atomic E-state index is -0.640. The molecule has 1 atom stereocenters. The van der Waals surface area contributed by atoms with Crippen LogP contribution in [0.5, 0.6) is 0 Å². The fourth-order valence-corrected chi connectivity index (χ4v) is 3.45. The van der Waals surface area contributed by atoms with Gasteiger partial charge in [-0.05, 0) is 55.7 Å². The largest absolute Gasteiger partial charge is 0.388 e. The summed E-state index contributed by atoms with van der Waals surface area (Å²) >= 11 is 0. The van der Waals surface area contributed by atoms with Gasteiger partial charge in [-0.25, -0.2) is 4.39 Å². The maximum atomic E-state index is 14.1. The molecule has 0 aromatic heterocycles. The van der Waals surface area contributed by atoms with Crippen LogP contribution in [0, 0.1) is 31.5 Å². The molecule has 0 aliphatic heterocycles. The molecule has 1 aliphatic carbocycles. The van der Waals surface area contributed by atoms with Gasteiger partial charge >= 0.3 is 0 Å². The third kappa shape index (κ3) is 3.17. The molecule has 1 saturated carbocycles. The van der Waals surface area contributed by atoms with Crippen LogP contribution in [0.1, 0.15) is 61.8 Å². The summed E-state index contributed by atoms with van der Waals surface area (Å²) in [5.41, 5.74) is 2.31. The molecule has 1 fully saturated rings. The highest BCUT2D eigenvalue weighted by Crippen LogP contribution is 2.39. The quantitative estimate of drug-likeness (QED) is 0.839. The molecule has 1 aliphatic rings. The van der Waals surface area contributed by atoms with E-state index in [9.17, 15) is 9.50 Å². The lowest BCUT2D eigenvalue weighted by atomic mass is 9.76. The molecule has 1 N–H and O–H groups in total. The van der Waals surface area contributed by atoms with Gasteiger partial charge in [-0.15, -0.1) is 0 Å². The van der Waals surface area contributed by atoms with Gasteiger partial charge in [0, 0.05) is 5.56 Å². The van der Waals surface area contributed by atoms with E-state index in [1.807, 2.05) is 19.9 Å². The minimum Gasteiger partial charge on any atom is -0.388 e.